The number of primary amides is 1. The third-order valence-corrected chi connectivity index (χ3v) is 6.81. The van der Waals surface area contributed by atoms with Crippen LogP contribution >= 0.6 is 24.0 Å². The second kappa shape index (κ2) is 10.7. The van der Waals surface area contributed by atoms with E-state index in [-0.39, 0.29) is 53.5 Å². The maximum Gasteiger partial charge on any atom is 0.255 e. The molecule has 0 spiro atoms. The van der Waals surface area contributed by atoms with E-state index in [0.717, 1.165) is 0 Å². The molecular weight excluding hydrogens is 493 g/mol. The summed E-state index contributed by atoms with van der Waals surface area (Å²) in [5.74, 6) is -1.07. The number of benzene rings is 2. The van der Waals surface area contributed by atoms with Crippen molar-refractivity contribution >= 4 is 57.4 Å². The van der Waals surface area contributed by atoms with E-state index in [4.69, 9.17) is 33.2 Å². The second-order valence-corrected chi connectivity index (χ2v) is 9.56. The summed E-state index contributed by atoms with van der Waals surface area (Å²) in [5, 5.41) is 10.5. The van der Waals surface area contributed by atoms with E-state index >= 15 is 0 Å². The number of hydrogen-bond donors (Lipinski definition) is 4. The average Bonchev–Trinajstić information content (AvgIpc) is 3.09. The minimum Gasteiger partial charge on any atom is -0.483 e. The Morgan fingerprint density at radius 3 is 2.48 bits per heavy atom. The van der Waals surface area contributed by atoms with Gasteiger partial charge in [0, 0.05) is 34.8 Å². The standard InChI is InChI=1S/C20H22ClN5O5S.ClH/c21-15-6-14(7-16(9-15)26-4-1-5-32(26,29)30)20(28)25-10-13-3-2-12(19(23)24)8-17(13)31-11-18(22)27;/h2-3,6-9H,1,4-5,10-11H2,(H2,22,27)(H3,23,24)(H,25,28);1H. The van der Waals surface area contributed by atoms with Crippen molar-refractivity contribution in [1.29, 1.82) is 5.41 Å². The largest absolute Gasteiger partial charge is 0.483 e. The van der Waals surface area contributed by atoms with Crippen LogP contribution < -0.4 is 25.8 Å². The predicted octanol–water partition coefficient (Wildman–Crippen LogP) is 1.38. The zero-order valence-electron chi connectivity index (χ0n) is 17.3. The quantitative estimate of drug-likeness (QED) is 0.305. The molecule has 0 aliphatic carbocycles. The highest BCUT2D eigenvalue weighted by Crippen LogP contribution is 2.28. The first-order chi connectivity index (χ1) is 15.1. The lowest BCUT2D eigenvalue weighted by Crippen LogP contribution is -2.27. The number of nitrogens with two attached hydrogens (primary N) is 2. The van der Waals surface area contributed by atoms with Gasteiger partial charge in [0.25, 0.3) is 11.8 Å². The van der Waals surface area contributed by atoms with Crippen LogP contribution in [0.1, 0.15) is 27.9 Å². The number of nitrogens with zero attached hydrogens (tertiary/aromatic N) is 1. The summed E-state index contributed by atoms with van der Waals surface area (Å²) in [6, 6.07) is 9.06. The Morgan fingerprint density at radius 2 is 1.88 bits per heavy atom. The number of nitrogens with one attached hydrogen (secondary N) is 2. The van der Waals surface area contributed by atoms with Gasteiger partial charge < -0.3 is 21.5 Å². The number of carbonyl (C=O) groups excluding carboxylic acids is 2. The van der Waals surface area contributed by atoms with Gasteiger partial charge in [-0.2, -0.15) is 0 Å². The molecule has 3 rings (SSSR count). The summed E-state index contributed by atoms with van der Waals surface area (Å²) in [4.78, 5) is 23.8. The van der Waals surface area contributed by atoms with Gasteiger partial charge in [-0.3, -0.25) is 19.3 Å². The summed E-state index contributed by atoms with van der Waals surface area (Å²) < 4.78 is 31.0. The molecule has 6 N–H and O–H groups in total. The molecule has 178 valence electrons. The van der Waals surface area contributed by atoms with E-state index < -0.39 is 21.8 Å². The van der Waals surface area contributed by atoms with Crippen LogP contribution in [0.3, 0.4) is 0 Å². The molecule has 0 bridgehead atoms. The van der Waals surface area contributed by atoms with Crippen molar-refractivity contribution in [2.45, 2.75) is 13.0 Å². The third kappa shape index (κ3) is 6.50. The van der Waals surface area contributed by atoms with Gasteiger partial charge in [0.05, 0.1) is 11.4 Å². The smallest absolute Gasteiger partial charge is 0.255 e. The predicted molar refractivity (Wildman–Crippen MR) is 128 cm³/mol. The number of carbonyl (C=O) groups is 2. The molecule has 2 aromatic carbocycles. The Bertz CT molecular complexity index is 1190. The summed E-state index contributed by atoms with van der Waals surface area (Å²) in [7, 11) is -3.42. The molecule has 2 amide bonds. The van der Waals surface area contributed by atoms with Crippen molar-refractivity contribution in [3.8, 4) is 5.75 Å². The maximum atomic E-state index is 12.7. The van der Waals surface area contributed by atoms with Crippen LogP contribution in [0.4, 0.5) is 5.69 Å². The summed E-state index contributed by atoms with van der Waals surface area (Å²) in [5.41, 5.74) is 12.0. The van der Waals surface area contributed by atoms with Gasteiger partial charge in [0.1, 0.15) is 11.6 Å². The number of halogens is 2. The molecule has 1 aliphatic heterocycles. The first-order valence-corrected chi connectivity index (χ1v) is 11.5. The van der Waals surface area contributed by atoms with E-state index in [1.807, 2.05) is 0 Å². The molecule has 2 aromatic rings. The lowest BCUT2D eigenvalue weighted by atomic mass is 10.1. The zero-order chi connectivity index (χ0) is 23.5. The number of amides is 2. The van der Waals surface area contributed by atoms with Crippen LogP contribution in [-0.2, 0) is 21.4 Å². The molecule has 0 aromatic heterocycles. The highest BCUT2D eigenvalue weighted by molar-refractivity contribution is 7.93. The van der Waals surface area contributed by atoms with Gasteiger partial charge in [0.2, 0.25) is 10.0 Å². The van der Waals surface area contributed by atoms with E-state index in [0.29, 0.717) is 29.8 Å². The number of sulfonamides is 1. The topological polar surface area (TPSA) is 169 Å². The molecule has 0 radical (unpaired) electrons. The average molecular weight is 516 g/mol. The van der Waals surface area contributed by atoms with Gasteiger partial charge in [0.15, 0.2) is 6.61 Å². The molecule has 0 unspecified atom stereocenters. The summed E-state index contributed by atoms with van der Waals surface area (Å²) in [6.45, 7) is -0.0357. The van der Waals surface area contributed by atoms with E-state index in [1.165, 1.54) is 28.6 Å². The number of ether oxygens (including phenoxy) is 1. The van der Waals surface area contributed by atoms with Crippen molar-refractivity contribution < 1.29 is 22.7 Å². The minimum absolute atomic E-state index is 0. The lowest BCUT2D eigenvalue weighted by molar-refractivity contribution is -0.119. The minimum atomic E-state index is -3.42. The van der Waals surface area contributed by atoms with E-state index in [1.54, 1.807) is 12.1 Å². The van der Waals surface area contributed by atoms with E-state index in [2.05, 4.69) is 5.32 Å². The molecule has 13 heteroatoms. The van der Waals surface area contributed by atoms with Crippen LogP contribution in [0.25, 0.3) is 0 Å². The third-order valence-electron chi connectivity index (χ3n) is 4.72. The summed E-state index contributed by atoms with van der Waals surface area (Å²) in [6.07, 6.45) is 0.501. The number of rotatable bonds is 8. The number of hydrogen-bond acceptors (Lipinski definition) is 6. The number of nitrogen functional groups attached to an aromatic ring is 1. The Labute approximate surface area is 202 Å². The normalized spacial score (nSPS) is 14.3. The number of amidine groups is 1. The van der Waals surface area contributed by atoms with Crippen molar-refractivity contribution in [3.63, 3.8) is 0 Å². The second-order valence-electron chi connectivity index (χ2n) is 7.11. The fourth-order valence-electron chi connectivity index (χ4n) is 3.21. The molecule has 1 saturated heterocycles. The monoisotopic (exact) mass is 515 g/mol. The first kappa shape index (κ1) is 26.2. The maximum absolute atomic E-state index is 12.7. The fourth-order valence-corrected chi connectivity index (χ4v) is 4.99. The first-order valence-electron chi connectivity index (χ1n) is 9.54. The molecular formula is C20H23Cl2N5O5S. The highest BCUT2D eigenvalue weighted by atomic mass is 35.5. The zero-order valence-corrected chi connectivity index (χ0v) is 19.7. The fraction of sp³-hybridized carbons (Fsp3) is 0.250. The Balaban J connectivity index is 0.00000385. The molecule has 1 aliphatic rings. The van der Waals surface area contributed by atoms with Crippen LogP contribution in [-0.4, -0.2) is 45.0 Å². The van der Waals surface area contributed by atoms with Crippen LogP contribution in [0.5, 0.6) is 5.75 Å². The van der Waals surface area contributed by atoms with Crippen LogP contribution in [0.2, 0.25) is 5.02 Å². The molecule has 0 saturated carbocycles. The SMILES string of the molecule is Cl.N=C(N)c1ccc(CNC(=O)c2cc(Cl)cc(N3CCCS3(=O)=O)c2)c(OCC(N)=O)c1. The highest BCUT2D eigenvalue weighted by Gasteiger charge is 2.29. The molecule has 1 fully saturated rings. The number of anilines is 1. The Hall–Kier alpha value is -3.02. The van der Waals surface area contributed by atoms with Gasteiger partial charge in [-0.25, -0.2) is 8.42 Å². The van der Waals surface area contributed by atoms with E-state index in [9.17, 15) is 18.0 Å². The van der Waals surface area contributed by atoms with Crippen LogP contribution in [0.15, 0.2) is 36.4 Å². The molecule has 0 atom stereocenters. The van der Waals surface area contributed by atoms with Gasteiger partial charge >= 0.3 is 0 Å². The Morgan fingerprint density at radius 1 is 1.15 bits per heavy atom. The molecule has 33 heavy (non-hydrogen) atoms. The van der Waals surface area contributed by atoms with Gasteiger partial charge in [-0.05, 0) is 30.7 Å². The molecule has 1 heterocycles. The van der Waals surface area contributed by atoms with Crippen molar-refractivity contribution in [1.82, 2.24) is 5.32 Å². The summed E-state index contributed by atoms with van der Waals surface area (Å²) >= 11 is 6.13. The van der Waals surface area contributed by atoms with Gasteiger partial charge in [-0.1, -0.05) is 23.7 Å². The Kier molecular flexibility index (Phi) is 8.53. The van der Waals surface area contributed by atoms with Crippen molar-refractivity contribution in [2.75, 3.05) is 23.2 Å². The van der Waals surface area contributed by atoms with Crippen molar-refractivity contribution in [3.05, 3.63) is 58.1 Å². The molecule has 10 nitrogen and oxygen atoms in total. The van der Waals surface area contributed by atoms with Crippen LogP contribution in [0, 0.1) is 5.41 Å². The van der Waals surface area contributed by atoms with Crippen molar-refractivity contribution in [2.24, 2.45) is 11.5 Å². The lowest BCUT2D eigenvalue weighted by Gasteiger charge is -2.18. The van der Waals surface area contributed by atoms with Gasteiger partial charge in [-0.15, -0.1) is 12.4 Å².